The second-order valence-electron chi connectivity index (χ2n) is 5.92. The van der Waals surface area contributed by atoms with Gasteiger partial charge in [-0.15, -0.1) is 11.3 Å². The second kappa shape index (κ2) is 6.89. The molecule has 0 radical (unpaired) electrons. The molecule has 0 saturated heterocycles. The number of esters is 2. The van der Waals surface area contributed by atoms with Gasteiger partial charge in [0.15, 0.2) is 0 Å². The lowest BCUT2D eigenvalue weighted by atomic mass is 10.0. The Balaban J connectivity index is 1.93. The van der Waals surface area contributed by atoms with Crippen molar-refractivity contribution >= 4 is 45.0 Å². The fraction of sp³-hybridized carbons (Fsp3) is 0.143. The predicted molar refractivity (Wildman–Crippen MR) is 104 cm³/mol. The lowest BCUT2D eigenvalue weighted by Crippen LogP contribution is -2.07. The highest BCUT2D eigenvalue weighted by Crippen LogP contribution is 2.38. The summed E-state index contributed by atoms with van der Waals surface area (Å²) in [5.74, 6) is -0.0508. The molecule has 27 heavy (non-hydrogen) atoms. The highest BCUT2D eigenvalue weighted by atomic mass is 32.1. The van der Waals surface area contributed by atoms with Crippen molar-refractivity contribution < 1.29 is 23.5 Å². The molecular formula is C21H16O5S. The first-order valence-electron chi connectivity index (χ1n) is 8.47. The number of thiophene rings is 1. The standard InChI is InChI=1S/C21H16O5S/c1-3-24-21(23)18-12(2)25-19-14-8-5-4-7-13(14)16(11-15(18)19)26-20(22)17-9-6-10-27-17/h4-11H,3H2,1-2H3. The van der Waals surface area contributed by atoms with Crippen molar-refractivity contribution in [3.8, 4) is 5.75 Å². The van der Waals surface area contributed by atoms with Gasteiger partial charge < -0.3 is 13.9 Å². The van der Waals surface area contributed by atoms with Crippen LogP contribution in [0.25, 0.3) is 21.7 Å². The Kier molecular flexibility index (Phi) is 4.41. The van der Waals surface area contributed by atoms with Crippen LogP contribution < -0.4 is 4.74 Å². The monoisotopic (exact) mass is 380 g/mol. The maximum Gasteiger partial charge on any atom is 0.353 e. The Morgan fingerprint density at radius 3 is 2.52 bits per heavy atom. The number of hydrogen-bond acceptors (Lipinski definition) is 6. The summed E-state index contributed by atoms with van der Waals surface area (Å²) in [5, 5.41) is 3.89. The number of rotatable bonds is 4. The van der Waals surface area contributed by atoms with Crippen LogP contribution in [0.1, 0.15) is 32.7 Å². The molecule has 6 heteroatoms. The zero-order valence-electron chi connectivity index (χ0n) is 14.8. The first-order valence-corrected chi connectivity index (χ1v) is 9.35. The van der Waals surface area contributed by atoms with Gasteiger partial charge in [0, 0.05) is 16.2 Å². The van der Waals surface area contributed by atoms with Crippen LogP contribution in [0.2, 0.25) is 0 Å². The Labute approximate surface area is 159 Å². The molecule has 0 N–H and O–H groups in total. The molecule has 0 atom stereocenters. The van der Waals surface area contributed by atoms with Gasteiger partial charge in [-0.25, -0.2) is 9.59 Å². The maximum absolute atomic E-state index is 12.5. The van der Waals surface area contributed by atoms with E-state index in [-0.39, 0.29) is 6.61 Å². The van der Waals surface area contributed by atoms with Crippen LogP contribution in [0.5, 0.6) is 5.75 Å². The van der Waals surface area contributed by atoms with E-state index in [4.69, 9.17) is 13.9 Å². The van der Waals surface area contributed by atoms with E-state index in [0.29, 0.717) is 32.9 Å². The molecule has 0 fully saturated rings. The van der Waals surface area contributed by atoms with E-state index in [0.717, 1.165) is 10.8 Å². The van der Waals surface area contributed by atoms with Gasteiger partial charge in [-0.2, -0.15) is 0 Å². The zero-order chi connectivity index (χ0) is 19.0. The lowest BCUT2D eigenvalue weighted by molar-refractivity contribution is 0.0526. The fourth-order valence-corrected chi connectivity index (χ4v) is 3.69. The van der Waals surface area contributed by atoms with Gasteiger partial charge in [-0.05, 0) is 31.4 Å². The van der Waals surface area contributed by atoms with Crippen molar-refractivity contribution in [2.75, 3.05) is 6.61 Å². The van der Waals surface area contributed by atoms with Crippen LogP contribution in [0.3, 0.4) is 0 Å². The average Bonchev–Trinajstić information content (AvgIpc) is 3.30. The van der Waals surface area contributed by atoms with E-state index in [1.807, 2.05) is 29.6 Å². The Bertz CT molecular complexity index is 1150. The summed E-state index contributed by atoms with van der Waals surface area (Å²) in [6, 6.07) is 12.6. The van der Waals surface area contributed by atoms with Gasteiger partial charge in [0.2, 0.25) is 0 Å². The predicted octanol–water partition coefficient (Wildman–Crippen LogP) is 5.35. The largest absolute Gasteiger partial charge is 0.462 e. The van der Waals surface area contributed by atoms with Crippen LogP contribution in [-0.2, 0) is 4.74 Å². The normalized spacial score (nSPS) is 11.0. The van der Waals surface area contributed by atoms with E-state index in [1.165, 1.54) is 11.3 Å². The van der Waals surface area contributed by atoms with E-state index in [9.17, 15) is 9.59 Å². The molecule has 4 rings (SSSR count). The molecule has 0 spiro atoms. The summed E-state index contributed by atoms with van der Waals surface area (Å²) in [6.45, 7) is 3.73. The van der Waals surface area contributed by atoms with Crippen LogP contribution in [0.15, 0.2) is 52.3 Å². The highest BCUT2D eigenvalue weighted by molar-refractivity contribution is 7.12. The maximum atomic E-state index is 12.5. The summed E-state index contributed by atoms with van der Waals surface area (Å²) >= 11 is 1.31. The molecule has 0 amide bonds. The Hall–Kier alpha value is -3.12. The van der Waals surface area contributed by atoms with Crippen molar-refractivity contribution in [2.45, 2.75) is 13.8 Å². The highest BCUT2D eigenvalue weighted by Gasteiger charge is 2.23. The third-order valence-electron chi connectivity index (χ3n) is 4.24. The number of ether oxygens (including phenoxy) is 2. The van der Waals surface area contributed by atoms with Crippen LogP contribution in [-0.4, -0.2) is 18.5 Å². The minimum atomic E-state index is -0.459. The first-order chi connectivity index (χ1) is 13.1. The quantitative estimate of drug-likeness (QED) is 0.353. The third-order valence-corrected chi connectivity index (χ3v) is 5.09. The fourth-order valence-electron chi connectivity index (χ4n) is 3.09. The van der Waals surface area contributed by atoms with Gasteiger partial charge in [-0.3, -0.25) is 0 Å². The number of benzene rings is 2. The van der Waals surface area contributed by atoms with Crippen LogP contribution in [0, 0.1) is 6.92 Å². The Morgan fingerprint density at radius 2 is 1.81 bits per heavy atom. The number of carbonyl (C=O) groups excluding carboxylic acids is 2. The summed E-state index contributed by atoms with van der Waals surface area (Å²) in [5.41, 5.74) is 0.924. The van der Waals surface area contributed by atoms with Crippen molar-refractivity contribution in [1.29, 1.82) is 0 Å². The lowest BCUT2D eigenvalue weighted by Gasteiger charge is -2.08. The second-order valence-corrected chi connectivity index (χ2v) is 6.87. The third kappa shape index (κ3) is 2.98. The molecule has 4 aromatic rings. The number of furan rings is 1. The molecule has 5 nitrogen and oxygen atoms in total. The smallest absolute Gasteiger partial charge is 0.353 e. The molecule has 0 bridgehead atoms. The molecule has 0 aliphatic rings. The molecule has 2 aromatic heterocycles. The molecule has 2 heterocycles. The minimum absolute atomic E-state index is 0.263. The first kappa shape index (κ1) is 17.3. The van der Waals surface area contributed by atoms with Crippen LogP contribution >= 0.6 is 11.3 Å². The molecule has 0 aliphatic carbocycles. The topological polar surface area (TPSA) is 65.7 Å². The van der Waals surface area contributed by atoms with Crippen molar-refractivity contribution in [1.82, 2.24) is 0 Å². The summed E-state index contributed by atoms with van der Waals surface area (Å²) < 4.78 is 16.7. The van der Waals surface area contributed by atoms with E-state index in [1.54, 1.807) is 32.0 Å². The van der Waals surface area contributed by atoms with E-state index in [2.05, 4.69) is 0 Å². The van der Waals surface area contributed by atoms with E-state index < -0.39 is 11.9 Å². The molecule has 0 aliphatic heterocycles. The average molecular weight is 380 g/mol. The number of carbonyl (C=O) groups is 2. The Morgan fingerprint density at radius 1 is 1.04 bits per heavy atom. The van der Waals surface area contributed by atoms with Crippen molar-refractivity contribution in [3.63, 3.8) is 0 Å². The summed E-state index contributed by atoms with van der Waals surface area (Å²) in [7, 11) is 0. The SMILES string of the molecule is CCOC(=O)c1c(C)oc2c1cc(OC(=O)c1cccs1)c1ccccc12. The zero-order valence-corrected chi connectivity index (χ0v) is 15.6. The van der Waals surface area contributed by atoms with Gasteiger partial charge in [0.1, 0.15) is 27.5 Å². The number of aryl methyl sites for hydroxylation is 1. The summed E-state index contributed by atoms with van der Waals surface area (Å²) in [6.07, 6.45) is 0. The minimum Gasteiger partial charge on any atom is -0.462 e. The van der Waals surface area contributed by atoms with Crippen molar-refractivity contribution in [3.05, 3.63) is 64.0 Å². The summed E-state index contributed by atoms with van der Waals surface area (Å²) in [4.78, 5) is 25.4. The van der Waals surface area contributed by atoms with Crippen LogP contribution in [0.4, 0.5) is 0 Å². The molecule has 2 aromatic carbocycles. The molecule has 136 valence electrons. The number of fused-ring (bicyclic) bond motifs is 3. The van der Waals surface area contributed by atoms with E-state index >= 15 is 0 Å². The van der Waals surface area contributed by atoms with Crippen molar-refractivity contribution in [2.24, 2.45) is 0 Å². The van der Waals surface area contributed by atoms with Gasteiger partial charge in [0.25, 0.3) is 0 Å². The number of hydrogen-bond donors (Lipinski definition) is 0. The van der Waals surface area contributed by atoms with Gasteiger partial charge in [-0.1, -0.05) is 30.3 Å². The van der Waals surface area contributed by atoms with Gasteiger partial charge >= 0.3 is 11.9 Å². The van der Waals surface area contributed by atoms with Gasteiger partial charge in [0.05, 0.1) is 6.61 Å². The molecule has 0 unspecified atom stereocenters. The molecule has 0 saturated carbocycles. The molecular weight excluding hydrogens is 364 g/mol.